The van der Waals surface area contributed by atoms with E-state index in [0.29, 0.717) is 26.1 Å². The lowest BCUT2D eigenvalue weighted by Crippen LogP contribution is -2.29. The average Bonchev–Trinajstić information content (AvgIpc) is 2.31. The van der Waals surface area contributed by atoms with E-state index in [0.717, 1.165) is 12.8 Å². The summed E-state index contributed by atoms with van der Waals surface area (Å²) in [5, 5.41) is 0.0879. The van der Waals surface area contributed by atoms with Crippen LogP contribution in [-0.4, -0.2) is 41.1 Å². The lowest BCUT2D eigenvalue weighted by Gasteiger charge is -2.21. The lowest BCUT2D eigenvalue weighted by molar-refractivity contribution is -0.143. The van der Waals surface area contributed by atoms with Crippen LogP contribution in [0, 0.1) is 0 Å². The average molecular weight is 275 g/mol. The summed E-state index contributed by atoms with van der Waals surface area (Å²) in [7, 11) is 0. The van der Waals surface area contributed by atoms with Crippen LogP contribution < -0.4 is 0 Å². The molecule has 0 aromatic carbocycles. The molecule has 0 heterocycles. The van der Waals surface area contributed by atoms with Crippen molar-refractivity contribution in [2.75, 3.05) is 19.7 Å². The molecular weight excluding hydrogens is 250 g/mol. The summed E-state index contributed by atoms with van der Waals surface area (Å²) in [5.41, 5.74) is 0. The molecule has 1 amide bonds. The number of thioether (sulfide) groups is 1. The molecule has 0 saturated carbocycles. The molecule has 0 rings (SSSR count). The Kier molecular flexibility index (Phi) is 9.83. The fourth-order valence-corrected chi connectivity index (χ4v) is 2.89. The van der Waals surface area contributed by atoms with Crippen LogP contribution in [0.3, 0.4) is 0 Å². The second-order valence-electron chi connectivity index (χ2n) is 3.98. The van der Waals surface area contributed by atoms with E-state index in [1.807, 2.05) is 13.8 Å². The van der Waals surface area contributed by atoms with Crippen LogP contribution in [0.2, 0.25) is 0 Å². The van der Waals surface area contributed by atoms with Gasteiger partial charge in [0.2, 0.25) is 0 Å². The van der Waals surface area contributed by atoms with E-state index < -0.39 is 0 Å². The number of ether oxygens (including phenoxy) is 1. The van der Waals surface area contributed by atoms with E-state index in [-0.39, 0.29) is 16.5 Å². The van der Waals surface area contributed by atoms with Crippen molar-refractivity contribution in [1.29, 1.82) is 0 Å². The Morgan fingerprint density at radius 1 is 1.17 bits per heavy atom. The van der Waals surface area contributed by atoms with E-state index in [1.165, 1.54) is 11.8 Å². The van der Waals surface area contributed by atoms with Gasteiger partial charge >= 0.3 is 5.97 Å². The molecule has 0 aliphatic heterocycles. The fourth-order valence-electron chi connectivity index (χ4n) is 1.63. The highest BCUT2D eigenvalue weighted by Gasteiger charge is 2.20. The maximum atomic E-state index is 12.0. The third kappa shape index (κ3) is 6.89. The zero-order chi connectivity index (χ0) is 14.0. The van der Waals surface area contributed by atoms with Crippen molar-refractivity contribution < 1.29 is 14.3 Å². The minimum absolute atomic E-state index is 0.0298. The van der Waals surface area contributed by atoms with Gasteiger partial charge in [0.25, 0.3) is 5.24 Å². The van der Waals surface area contributed by atoms with Gasteiger partial charge in [-0.05, 0) is 27.2 Å². The number of hydrogen-bond donors (Lipinski definition) is 0. The molecule has 1 atom stereocenters. The number of carbonyl (C=O) groups excluding carboxylic acids is 2. The van der Waals surface area contributed by atoms with Gasteiger partial charge in [0.05, 0.1) is 13.0 Å². The number of rotatable bonds is 8. The monoisotopic (exact) mass is 275 g/mol. The first-order valence-electron chi connectivity index (χ1n) is 6.70. The van der Waals surface area contributed by atoms with Crippen molar-refractivity contribution >= 4 is 23.0 Å². The number of amides is 1. The number of esters is 1. The topological polar surface area (TPSA) is 46.6 Å². The third-order valence-corrected chi connectivity index (χ3v) is 3.79. The summed E-state index contributed by atoms with van der Waals surface area (Å²) in [5.74, 6) is -0.212. The molecule has 5 heteroatoms. The predicted octanol–water partition coefficient (Wildman–Crippen LogP) is 3.30. The third-order valence-electron chi connectivity index (χ3n) is 2.60. The van der Waals surface area contributed by atoms with Crippen LogP contribution in [-0.2, 0) is 9.53 Å². The molecule has 0 aliphatic carbocycles. The number of carbonyl (C=O) groups is 2. The second-order valence-corrected chi connectivity index (χ2v) is 5.23. The zero-order valence-corrected chi connectivity index (χ0v) is 12.7. The van der Waals surface area contributed by atoms with Crippen LogP contribution in [0.15, 0.2) is 0 Å². The van der Waals surface area contributed by atoms with Crippen LogP contribution in [0.1, 0.15) is 47.0 Å². The van der Waals surface area contributed by atoms with Crippen molar-refractivity contribution in [2.24, 2.45) is 0 Å². The van der Waals surface area contributed by atoms with E-state index in [4.69, 9.17) is 4.74 Å². The largest absolute Gasteiger partial charge is 0.466 e. The molecule has 0 aromatic heterocycles. The zero-order valence-electron chi connectivity index (χ0n) is 11.9. The Balaban J connectivity index is 4.33. The first-order chi connectivity index (χ1) is 8.58. The van der Waals surface area contributed by atoms with Crippen molar-refractivity contribution in [2.45, 2.75) is 52.2 Å². The molecule has 0 fully saturated rings. The SMILES string of the molecule is CCCC(CC(=O)OCC)SC(=O)N(CC)CC. The molecule has 0 saturated heterocycles. The molecule has 0 bridgehead atoms. The standard InChI is InChI=1S/C13H25NO3S/c1-5-9-11(10-12(15)17-8-4)18-13(16)14(6-2)7-3/h11H,5-10H2,1-4H3. The summed E-state index contributed by atoms with van der Waals surface area (Å²) in [6.45, 7) is 9.58. The lowest BCUT2D eigenvalue weighted by atomic mass is 10.2. The molecule has 0 N–H and O–H groups in total. The smallest absolute Gasteiger partial charge is 0.306 e. The van der Waals surface area contributed by atoms with Gasteiger partial charge in [-0.15, -0.1) is 0 Å². The van der Waals surface area contributed by atoms with Crippen LogP contribution in [0.5, 0.6) is 0 Å². The van der Waals surface area contributed by atoms with Gasteiger partial charge < -0.3 is 9.64 Å². The highest BCUT2D eigenvalue weighted by Crippen LogP contribution is 2.23. The van der Waals surface area contributed by atoms with Gasteiger partial charge in [-0.25, -0.2) is 0 Å². The highest BCUT2D eigenvalue weighted by molar-refractivity contribution is 8.14. The number of nitrogens with zero attached hydrogens (tertiary/aromatic N) is 1. The van der Waals surface area contributed by atoms with Crippen molar-refractivity contribution in [3.05, 3.63) is 0 Å². The van der Waals surface area contributed by atoms with Gasteiger partial charge in [-0.2, -0.15) is 0 Å². The van der Waals surface area contributed by atoms with Gasteiger partial charge in [-0.1, -0.05) is 25.1 Å². The van der Waals surface area contributed by atoms with Crippen molar-refractivity contribution in [1.82, 2.24) is 4.90 Å². The van der Waals surface area contributed by atoms with Crippen LogP contribution >= 0.6 is 11.8 Å². The van der Waals surface area contributed by atoms with Crippen LogP contribution in [0.25, 0.3) is 0 Å². The normalized spacial score (nSPS) is 12.0. The molecule has 4 nitrogen and oxygen atoms in total. The maximum Gasteiger partial charge on any atom is 0.306 e. The first kappa shape index (κ1) is 17.3. The van der Waals surface area contributed by atoms with E-state index in [1.54, 1.807) is 11.8 Å². The molecular formula is C13H25NO3S. The Bertz CT molecular complexity index is 255. The molecule has 106 valence electrons. The van der Waals surface area contributed by atoms with E-state index in [9.17, 15) is 9.59 Å². The highest BCUT2D eigenvalue weighted by atomic mass is 32.2. The van der Waals surface area contributed by atoms with Gasteiger partial charge in [-0.3, -0.25) is 9.59 Å². The van der Waals surface area contributed by atoms with E-state index >= 15 is 0 Å². The molecule has 1 unspecified atom stereocenters. The quantitative estimate of drug-likeness (QED) is 0.638. The predicted molar refractivity (Wildman–Crippen MR) is 75.9 cm³/mol. The molecule has 0 radical (unpaired) electrons. The van der Waals surface area contributed by atoms with Crippen molar-refractivity contribution in [3.8, 4) is 0 Å². The van der Waals surface area contributed by atoms with Crippen molar-refractivity contribution in [3.63, 3.8) is 0 Å². The summed E-state index contributed by atoms with van der Waals surface area (Å²) in [4.78, 5) is 25.2. The molecule has 0 aromatic rings. The van der Waals surface area contributed by atoms with Gasteiger partial charge in [0.1, 0.15) is 0 Å². The minimum Gasteiger partial charge on any atom is -0.466 e. The molecule has 0 spiro atoms. The summed E-state index contributed by atoms with van der Waals surface area (Å²) in [6, 6.07) is 0. The maximum absolute atomic E-state index is 12.0. The molecule has 0 aliphatic rings. The van der Waals surface area contributed by atoms with E-state index in [2.05, 4.69) is 6.92 Å². The molecule has 18 heavy (non-hydrogen) atoms. The van der Waals surface area contributed by atoms with Gasteiger partial charge in [0.15, 0.2) is 0 Å². The fraction of sp³-hybridized carbons (Fsp3) is 0.846. The Labute approximate surface area is 114 Å². The number of hydrogen-bond acceptors (Lipinski definition) is 4. The Morgan fingerprint density at radius 3 is 2.22 bits per heavy atom. The first-order valence-corrected chi connectivity index (χ1v) is 7.58. The summed E-state index contributed by atoms with van der Waals surface area (Å²) >= 11 is 1.27. The Hall–Kier alpha value is -0.710. The van der Waals surface area contributed by atoms with Gasteiger partial charge in [0, 0.05) is 18.3 Å². The van der Waals surface area contributed by atoms with Crippen LogP contribution in [0.4, 0.5) is 4.79 Å². The Morgan fingerprint density at radius 2 is 1.78 bits per heavy atom. The second kappa shape index (κ2) is 10.2. The minimum atomic E-state index is -0.212. The summed E-state index contributed by atoms with van der Waals surface area (Å²) in [6.07, 6.45) is 2.14. The summed E-state index contributed by atoms with van der Waals surface area (Å²) < 4.78 is 4.94.